The third kappa shape index (κ3) is 5.79. The van der Waals surface area contributed by atoms with Crippen LogP contribution in [0.2, 0.25) is 0 Å². The molecule has 0 saturated carbocycles. The van der Waals surface area contributed by atoms with Crippen LogP contribution in [0.15, 0.2) is 45.9 Å². The number of rotatable bonds is 9. The van der Waals surface area contributed by atoms with E-state index in [9.17, 15) is 14.4 Å². The summed E-state index contributed by atoms with van der Waals surface area (Å²) in [5, 5.41) is 1.09. The highest BCUT2D eigenvalue weighted by molar-refractivity contribution is 7.99. The molecule has 7 heteroatoms. The number of benzene rings is 1. The molecule has 2 aromatic rings. The molecule has 0 amide bonds. The molecule has 3 rings (SSSR count). The van der Waals surface area contributed by atoms with Crippen LogP contribution in [-0.2, 0) is 20.9 Å². The molecule has 0 spiro atoms. The number of ketones is 1. The van der Waals surface area contributed by atoms with Gasteiger partial charge in [0.15, 0.2) is 10.9 Å². The minimum atomic E-state index is -0.522. The summed E-state index contributed by atoms with van der Waals surface area (Å²) < 4.78 is 6.49. The topological polar surface area (TPSA) is 78.3 Å². The molecule has 6 nitrogen and oxygen atoms in total. The highest BCUT2D eigenvalue weighted by atomic mass is 32.2. The van der Waals surface area contributed by atoms with E-state index in [4.69, 9.17) is 4.74 Å². The van der Waals surface area contributed by atoms with Crippen molar-refractivity contribution in [1.82, 2.24) is 9.55 Å². The summed E-state index contributed by atoms with van der Waals surface area (Å²) >= 11 is 1.21. The monoisotopic (exact) mass is 414 g/mol. The van der Waals surface area contributed by atoms with E-state index in [1.54, 1.807) is 23.6 Å². The summed E-state index contributed by atoms with van der Waals surface area (Å²) in [4.78, 5) is 41.3. The third-order valence-corrected chi connectivity index (χ3v) is 5.91. The lowest BCUT2D eigenvalue weighted by Gasteiger charge is -2.16. The van der Waals surface area contributed by atoms with Crippen molar-refractivity contribution in [1.29, 1.82) is 0 Å². The number of hydrogen-bond acceptors (Lipinski definition) is 6. The Labute approximate surface area is 174 Å². The van der Waals surface area contributed by atoms with Crippen molar-refractivity contribution in [3.8, 4) is 0 Å². The zero-order chi connectivity index (χ0) is 20.6. The average Bonchev–Trinajstić information content (AvgIpc) is 2.72. The fraction of sp³-hybridized carbons (Fsp3) is 0.455. The predicted molar refractivity (Wildman–Crippen MR) is 114 cm³/mol. The Balaban J connectivity index is 1.80. The Hall–Kier alpha value is -2.41. The van der Waals surface area contributed by atoms with Gasteiger partial charge in [-0.05, 0) is 51.2 Å². The van der Waals surface area contributed by atoms with Crippen LogP contribution in [0.4, 0.5) is 0 Å². The van der Waals surface area contributed by atoms with Gasteiger partial charge < -0.3 is 4.74 Å². The van der Waals surface area contributed by atoms with Crippen LogP contribution in [0.1, 0.15) is 45.4 Å². The number of Topliss-reactive ketones (excluding diaryl/α,β-unsaturated/α-hetero) is 1. The maximum atomic E-state index is 13.1. The minimum Gasteiger partial charge on any atom is -0.466 e. The van der Waals surface area contributed by atoms with E-state index in [1.807, 2.05) is 12.1 Å². The quantitative estimate of drug-likeness (QED) is 0.204. The van der Waals surface area contributed by atoms with Crippen molar-refractivity contribution >= 4 is 34.4 Å². The van der Waals surface area contributed by atoms with E-state index in [-0.39, 0.29) is 30.1 Å². The number of carbonyl (C=O) groups excluding carboxylic acids is 2. The normalized spacial score (nSPS) is 13.9. The Morgan fingerprint density at radius 2 is 2.07 bits per heavy atom. The minimum absolute atomic E-state index is 0.0757. The molecule has 0 aliphatic heterocycles. The second kappa shape index (κ2) is 10.4. The van der Waals surface area contributed by atoms with E-state index in [0.29, 0.717) is 22.6 Å². The Morgan fingerprint density at radius 3 is 2.83 bits per heavy atom. The highest BCUT2D eigenvalue weighted by Gasteiger charge is 2.16. The van der Waals surface area contributed by atoms with Gasteiger partial charge in [-0.3, -0.25) is 19.0 Å². The molecule has 0 unspecified atom stereocenters. The zero-order valence-electron chi connectivity index (χ0n) is 16.7. The molecule has 1 aliphatic carbocycles. The Morgan fingerprint density at radius 1 is 1.24 bits per heavy atom. The van der Waals surface area contributed by atoms with Crippen molar-refractivity contribution < 1.29 is 14.3 Å². The SMILES string of the molecule is CCOC(=O)CC(=O)CSc1nc2ccccc2c(=O)n1CCC1=CCCCC1. The van der Waals surface area contributed by atoms with E-state index >= 15 is 0 Å². The van der Waals surface area contributed by atoms with Gasteiger partial charge in [-0.15, -0.1) is 0 Å². The van der Waals surface area contributed by atoms with Gasteiger partial charge in [0, 0.05) is 6.54 Å². The maximum absolute atomic E-state index is 13.1. The van der Waals surface area contributed by atoms with Gasteiger partial charge in [0.1, 0.15) is 6.42 Å². The molecule has 0 saturated heterocycles. The molecule has 0 fully saturated rings. The molecular weight excluding hydrogens is 388 g/mol. The standard InChI is InChI=1S/C22H26N2O4S/c1-2-28-20(26)14-17(25)15-29-22-23-19-11-7-6-10-18(19)21(27)24(22)13-12-16-8-4-3-5-9-16/h6-8,10-11H,2-5,9,12-15H2,1H3. The molecule has 1 aromatic carbocycles. The number of nitrogens with zero attached hydrogens (tertiary/aromatic N) is 2. The van der Waals surface area contributed by atoms with Crippen LogP contribution in [0.3, 0.4) is 0 Å². The van der Waals surface area contributed by atoms with Crippen molar-refractivity contribution in [2.75, 3.05) is 12.4 Å². The van der Waals surface area contributed by atoms with E-state index < -0.39 is 5.97 Å². The van der Waals surface area contributed by atoms with Crippen LogP contribution in [0, 0.1) is 0 Å². The number of hydrogen-bond donors (Lipinski definition) is 0. The Bertz CT molecular complexity index is 980. The molecule has 154 valence electrons. The number of ether oxygens (including phenoxy) is 1. The number of aromatic nitrogens is 2. The lowest BCUT2D eigenvalue weighted by molar-refractivity contribution is -0.145. The van der Waals surface area contributed by atoms with Gasteiger partial charge in [0.2, 0.25) is 0 Å². The molecule has 0 N–H and O–H groups in total. The van der Waals surface area contributed by atoms with Gasteiger partial charge >= 0.3 is 5.97 Å². The van der Waals surface area contributed by atoms with Crippen LogP contribution < -0.4 is 5.56 Å². The van der Waals surface area contributed by atoms with Crippen LogP contribution in [0.5, 0.6) is 0 Å². The average molecular weight is 415 g/mol. The molecular formula is C22H26N2O4S. The first kappa shape index (κ1) is 21.3. The van der Waals surface area contributed by atoms with Crippen molar-refractivity contribution in [2.24, 2.45) is 0 Å². The maximum Gasteiger partial charge on any atom is 0.313 e. The number of allylic oxidation sites excluding steroid dienone is 2. The molecule has 29 heavy (non-hydrogen) atoms. The van der Waals surface area contributed by atoms with E-state index in [1.165, 1.54) is 30.2 Å². The number of carbonyl (C=O) groups is 2. The van der Waals surface area contributed by atoms with E-state index in [2.05, 4.69) is 11.1 Å². The molecule has 1 aliphatic rings. The molecule has 1 aromatic heterocycles. The summed E-state index contributed by atoms with van der Waals surface area (Å²) in [6.45, 7) is 2.49. The van der Waals surface area contributed by atoms with Gasteiger partial charge in [0.05, 0.1) is 23.3 Å². The summed E-state index contributed by atoms with van der Waals surface area (Å²) in [7, 11) is 0. The van der Waals surface area contributed by atoms with Crippen LogP contribution >= 0.6 is 11.8 Å². The fourth-order valence-electron chi connectivity index (χ4n) is 3.41. The van der Waals surface area contributed by atoms with Crippen molar-refractivity contribution in [3.05, 3.63) is 46.3 Å². The zero-order valence-corrected chi connectivity index (χ0v) is 17.5. The fourth-order valence-corrected chi connectivity index (χ4v) is 4.30. The van der Waals surface area contributed by atoms with Crippen molar-refractivity contribution in [2.45, 2.75) is 57.1 Å². The second-order valence-electron chi connectivity index (χ2n) is 7.04. The van der Waals surface area contributed by atoms with Crippen LogP contribution in [0.25, 0.3) is 10.9 Å². The molecule has 1 heterocycles. The van der Waals surface area contributed by atoms with Crippen molar-refractivity contribution in [3.63, 3.8) is 0 Å². The summed E-state index contributed by atoms with van der Waals surface area (Å²) in [5.74, 6) is -0.685. The molecule has 0 bridgehead atoms. The first-order valence-electron chi connectivity index (χ1n) is 10.1. The number of thioether (sulfide) groups is 1. The largest absolute Gasteiger partial charge is 0.466 e. The first-order valence-corrected chi connectivity index (χ1v) is 11.0. The van der Waals surface area contributed by atoms with Gasteiger partial charge in [0.25, 0.3) is 5.56 Å². The number of para-hydroxylation sites is 1. The van der Waals surface area contributed by atoms with E-state index in [0.717, 1.165) is 19.3 Å². The lowest BCUT2D eigenvalue weighted by atomic mass is 9.97. The first-order chi connectivity index (χ1) is 14.1. The lowest BCUT2D eigenvalue weighted by Crippen LogP contribution is -2.24. The molecule has 0 atom stereocenters. The van der Waals surface area contributed by atoms with Gasteiger partial charge in [-0.1, -0.05) is 35.5 Å². The van der Waals surface area contributed by atoms with Crippen LogP contribution in [-0.4, -0.2) is 33.7 Å². The third-order valence-electron chi connectivity index (χ3n) is 4.88. The summed E-state index contributed by atoms with van der Waals surface area (Å²) in [6, 6.07) is 7.25. The predicted octanol–water partition coefficient (Wildman–Crippen LogP) is 3.90. The molecule has 0 radical (unpaired) electrons. The second-order valence-corrected chi connectivity index (χ2v) is 7.98. The van der Waals surface area contributed by atoms with Gasteiger partial charge in [-0.25, -0.2) is 4.98 Å². The van der Waals surface area contributed by atoms with Gasteiger partial charge in [-0.2, -0.15) is 0 Å². The summed E-state index contributed by atoms with van der Waals surface area (Å²) in [6.07, 6.45) is 7.43. The Kier molecular flexibility index (Phi) is 7.63. The number of esters is 1. The number of fused-ring (bicyclic) bond motifs is 1. The summed E-state index contributed by atoms with van der Waals surface area (Å²) in [5.41, 5.74) is 1.91. The highest BCUT2D eigenvalue weighted by Crippen LogP contribution is 2.23. The smallest absolute Gasteiger partial charge is 0.313 e.